The van der Waals surface area contributed by atoms with Crippen LogP contribution in [0.5, 0.6) is 0 Å². The minimum absolute atomic E-state index is 0.102. The number of rotatable bonds is 5. The highest BCUT2D eigenvalue weighted by atomic mass is 19.2. The summed E-state index contributed by atoms with van der Waals surface area (Å²) in [5.74, 6) is -3.02. The number of benzene rings is 2. The van der Waals surface area contributed by atoms with Crippen molar-refractivity contribution in [1.82, 2.24) is 0 Å². The van der Waals surface area contributed by atoms with E-state index in [0.717, 1.165) is 17.7 Å². The average Bonchev–Trinajstić information content (AvgIpc) is 2.51. The van der Waals surface area contributed by atoms with E-state index >= 15 is 0 Å². The fraction of sp³-hybridized carbons (Fsp3) is 0.222. The Morgan fingerprint density at radius 3 is 2.46 bits per heavy atom. The third-order valence-electron chi connectivity index (χ3n) is 3.45. The lowest BCUT2D eigenvalue weighted by Crippen LogP contribution is -2.33. The number of carbonyl (C=O) groups is 2. The second-order valence-electron chi connectivity index (χ2n) is 5.33. The second kappa shape index (κ2) is 7.68. The van der Waals surface area contributed by atoms with E-state index in [4.69, 9.17) is 0 Å². The van der Waals surface area contributed by atoms with Crippen molar-refractivity contribution >= 4 is 23.2 Å². The fourth-order valence-electron chi connectivity index (χ4n) is 2.31. The molecule has 0 bridgehead atoms. The topological polar surface area (TPSA) is 49.4 Å². The molecule has 126 valence electrons. The summed E-state index contributed by atoms with van der Waals surface area (Å²) in [4.78, 5) is 25.8. The van der Waals surface area contributed by atoms with Crippen LogP contribution in [-0.4, -0.2) is 18.4 Å². The smallest absolute Gasteiger partial charge is 0.236 e. The van der Waals surface area contributed by atoms with Crippen molar-refractivity contribution in [2.45, 2.75) is 20.3 Å². The molecule has 4 nitrogen and oxygen atoms in total. The van der Waals surface area contributed by atoms with Gasteiger partial charge in [0.15, 0.2) is 11.6 Å². The van der Waals surface area contributed by atoms with Gasteiger partial charge in [-0.3, -0.25) is 9.59 Å². The standard InChI is InChI=1S/C18H18F2N2O2/c1-3-22(14-6-4-5-12(2)9-14)18(24)11-17(23)21-13-7-8-15(19)16(20)10-13/h4-10H,3,11H2,1-2H3,(H,21,23). The minimum atomic E-state index is -1.06. The molecule has 2 aromatic rings. The van der Waals surface area contributed by atoms with Crippen molar-refractivity contribution in [3.63, 3.8) is 0 Å². The van der Waals surface area contributed by atoms with Gasteiger partial charge in [-0.15, -0.1) is 0 Å². The van der Waals surface area contributed by atoms with E-state index in [1.54, 1.807) is 6.07 Å². The third kappa shape index (κ3) is 4.38. The number of halogens is 2. The molecule has 0 aliphatic rings. The number of carbonyl (C=O) groups excluding carboxylic acids is 2. The zero-order chi connectivity index (χ0) is 17.7. The summed E-state index contributed by atoms with van der Waals surface area (Å²) in [5.41, 5.74) is 1.82. The minimum Gasteiger partial charge on any atom is -0.326 e. The molecule has 1 N–H and O–H groups in total. The Kier molecular flexibility index (Phi) is 5.63. The number of anilines is 2. The van der Waals surface area contributed by atoms with Gasteiger partial charge < -0.3 is 10.2 Å². The Labute approximate surface area is 139 Å². The van der Waals surface area contributed by atoms with Gasteiger partial charge in [0.2, 0.25) is 11.8 Å². The molecule has 0 fully saturated rings. The van der Waals surface area contributed by atoms with Crippen LogP contribution in [0.4, 0.5) is 20.2 Å². The molecule has 0 aromatic heterocycles. The summed E-state index contributed by atoms with van der Waals surface area (Å²) in [6, 6.07) is 10.4. The van der Waals surface area contributed by atoms with Crippen LogP contribution in [0.25, 0.3) is 0 Å². The van der Waals surface area contributed by atoms with Crippen LogP contribution >= 0.6 is 0 Å². The zero-order valence-electron chi connectivity index (χ0n) is 13.5. The van der Waals surface area contributed by atoms with Crippen LogP contribution in [0, 0.1) is 18.6 Å². The van der Waals surface area contributed by atoms with Crippen molar-refractivity contribution in [2.24, 2.45) is 0 Å². The molecule has 0 saturated carbocycles. The van der Waals surface area contributed by atoms with Crippen LogP contribution in [0.3, 0.4) is 0 Å². The molecule has 2 amide bonds. The molecule has 6 heteroatoms. The van der Waals surface area contributed by atoms with Crippen molar-refractivity contribution in [1.29, 1.82) is 0 Å². The van der Waals surface area contributed by atoms with Crippen molar-refractivity contribution in [3.05, 3.63) is 59.7 Å². The predicted octanol–water partition coefficient (Wildman–Crippen LogP) is 3.65. The monoisotopic (exact) mass is 332 g/mol. The summed E-state index contributed by atoms with van der Waals surface area (Å²) in [5, 5.41) is 2.39. The molecule has 0 heterocycles. The Morgan fingerprint density at radius 1 is 1.08 bits per heavy atom. The van der Waals surface area contributed by atoms with Crippen molar-refractivity contribution in [3.8, 4) is 0 Å². The van der Waals surface area contributed by atoms with Crippen LogP contribution in [0.1, 0.15) is 18.9 Å². The second-order valence-corrected chi connectivity index (χ2v) is 5.33. The van der Waals surface area contributed by atoms with Gasteiger partial charge in [-0.05, 0) is 43.7 Å². The lowest BCUT2D eigenvalue weighted by molar-refractivity contribution is -0.125. The molecular weight excluding hydrogens is 314 g/mol. The Hall–Kier alpha value is -2.76. The Balaban J connectivity index is 2.04. The van der Waals surface area contributed by atoms with Crippen LogP contribution in [0.15, 0.2) is 42.5 Å². The molecule has 0 unspecified atom stereocenters. The molecule has 2 rings (SSSR count). The van der Waals surface area contributed by atoms with E-state index in [9.17, 15) is 18.4 Å². The van der Waals surface area contributed by atoms with Gasteiger partial charge in [-0.25, -0.2) is 8.78 Å². The number of amides is 2. The molecule has 2 aromatic carbocycles. The Morgan fingerprint density at radius 2 is 1.83 bits per heavy atom. The normalized spacial score (nSPS) is 10.3. The van der Waals surface area contributed by atoms with E-state index in [1.807, 2.05) is 32.0 Å². The summed E-state index contributed by atoms with van der Waals surface area (Å²) < 4.78 is 26.0. The zero-order valence-corrected chi connectivity index (χ0v) is 13.5. The first-order chi connectivity index (χ1) is 11.4. The summed E-state index contributed by atoms with van der Waals surface area (Å²) in [6.45, 7) is 4.14. The van der Waals surface area contributed by atoms with E-state index in [1.165, 1.54) is 11.0 Å². The first-order valence-electron chi connectivity index (χ1n) is 7.52. The highest BCUT2D eigenvalue weighted by Gasteiger charge is 2.18. The molecule has 0 atom stereocenters. The molecule has 0 spiro atoms. The lowest BCUT2D eigenvalue weighted by Gasteiger charge is -2.21. The highest BCUT2D eigenvalue weighted by molar-refractivity contribution is 6.09. The van der Waals surface area contributed by atoms with E-state index < -0.39 is 17.5 Å². The quantitative estimate of drug-likeness (QED) is 0.850. The molecule has 0 saturated heterocycles. The van der Waals surface area contributed by atoms with Crippen molar-refractivity contribution in [2.75, 3.05) is 16.8 Å². The van der Waals surface area contributed by atoms with Crippen LogP contribution in [-0.2, 0) is 9.59 Å². The highest BCUT2D eigenvalue weighted by Crippen LogP contribution is 2.17. The van der Waals surface area contributed by atoms with Crippen molar-refractivity contribution < 1.29 is 18.4 Å². The van der Waals surface area contributed by atoms with E-state index in [2.05, 4.69) is 5.32 Å². The third-order valence-corrected chi connectivity index (χ3v) is 3.45. The maximum atomic E-state index is 13.1. The number of hydrogen-bond acceptors (Lipinski definition) is 2. The number of aryl methyl sites for hydroxylation is 1. The summed E-state index contributed by atoms with van der Waals surface area (Å²) in [6.07, 6.45) is -0.388. The predicted molar refractivity (Wildman–Crippen MR) is 88.8 cm³/mol. The lowest BCUT2D eigenvalue weighted by atomic mass is 10.2. The van der Waals surface area contributed by atoms with Gasteiger partial charge in [-0.1, -0.05) is 12.1 Å². The number of nitrogens with one attached hydrogen (secondary N) is 1. The first kappa shape index (κ1) is 17.6. The molecular formula is C18H18F2N2O2. The van der Waals surface area contributed by atoms with Gasteiger partial charge in [0.05, 0.1) is 0 Å². The number of nitrogens with zero attached hydrogens (tertiary/aromatic N) is 1. The molecule has 0 aliphatic carbocycles. The van der Waals surface area contributed by atoms with E-state index in [0.29, 0.717) is 12.2 Å². The van der Waals surface area contributed by atoms with Gasteiger partial charge >= 0.3 is 0 Å². The van der Waals surface area contributed by atoms with Crippen LogP contribution in [0.2, 0.25) is 0 Å². The van der Waals surface area contributed by atoms with Gasteiger partial charge in [0.25, 0.3) is 0 Å². The molecule has 0 radical (unpaired) electrons. The van der Waals surface area contributed by atoms with Gasteiger partial charge in [0, 0.05) is 24.0 Å². The average molecular weight is 332 g/mol. The SMILES string of the molecule is CCN(C(=O)CC(=O)Nc1ccc(F)c(F)c1)c1cccc(C)c1. The Bertz CT molecular complexity index is 762. The van der Waals surface area contributed by atoms with E-state index in [-0.39, 0.29) is 18.0 Å². The van der Waals surface area contributed by atoms with Gasteiger partial charge in [-0.2, -0.15) is 0 Å². The number of hydrogen-bond donors (Lipinski definition) is 1. The maximum Gasteiger partial charge on any atom is 0.236 e. The maximum absolute atomic E-state index is 13.1. The van der Waals surface area contributed by atoms with Gasteiger partial charge in [0.1, 0.15) is 6.42 Å². The summed E-state index contributed by atoms with van der Waals surface area (Å²) >= 11 is 0. The molecule has 0 aliphatic heterocycles. The first-order valence-corrected chi connectivity index (χ1v) is 7.52. The van der Waals surface area contributed by atoms with Crippen LogP contribution < -0.4 is 10.2 Å². The largest absolute Gasteiger partial charge is 0.326 e. The molecule has 24 heavy (non-hydrogen) atoms. The summed E-state index contributed by atoms with van der Waals surface area (Å²) in [7, 11) is 0. The fourth-order valence-corrected chi connectivity index (χ4v) is 2.31.